The second-order valence-corrected chi connectivity index (χ2v) is 9.54. The van der Waals surface area contributed by atoms with E-state index in [1.807, 2.05) is 0 Å². The SMILES string of the molecule is Cc1ccc(N(c2cccc(C)c2)c2cccc(N(c3cccc(C)c3)c3cccc(C)c3)c2)cc1. The van der Waals surface area contributed by atoms with Crippen molar-refractivity contribution in [2.75, 3.05) is 9.80 Å². The van der Waals surface area contributed by atoms with Crippen molar-refractivity contribution >= 4 is 34.1 Å². The Balaban J connectivity index is 1.68. The maximum atomic E-state index is 2.34. The highest BCUT2D eigenvalue weighted by molar-refractivity contribution is 5.83. The lowest BCUT2D eigenvalue weighted by atomic mass is 10.1. The molecule has 178 valence electrons. The quantitative estimate of drug-likeness (QED) is 0.245. The van der Waals surface area contributed by atoms with Gasteiger partial charge in [-0.1, -0.05) is 60.2 Å². The van der Waals surface area contributed by atoms with Crippen molar-refractivity contribution in [2.45, 2.75) is 27.7 Å². The van der Waals surface area contributed by atoms with Gasteiger partial charge in [-0.15, -0.1) is 0 Å². The first-order chi connectivity index (χ1) is 17.5. The second-order valence-electron chi connectivity index (χ2n) is 9.54. The van der Waals surface area contributed by atoms with Gasteiger partial charge in [0.1, 0.15) is 0 Å². The molecule has 0 saturated carbocycles. The fraction of sp³-hybridized carbons (Fsp3) is 0.118. The summed E-state index contributed by atoms with van der Waals surface area (Å²) in [4.78, 5) is 4.67. The zero-order chi connectivity index (χ0) is 25.1. The summed E-state index contributed by atoms with van der Waals surface area (Å²) in [6.45, 7) is 8.56. The van der Waals surface area contributed by atoms with E-state index in [0.717, 1.165) is 34.1 Å². The molecule has 0 spiro atoms. The van der Waals surface area contributed by atoms with Gasteiger partial charge in [0.2, 0.25) is 0 Å². The summed E-state index contributed by atoms with van der Waals surface area (Å²) in [5.41, 5.74) is 11.8. The first-order valence-electron chi connectivity index (χ1n) is 12.4. The molecule has 0 bridgehead atoms. The molecule has 5 aromatic rings. The summed E-state index contributed by atoms with van der Waals surface area (Å²) >= 11 is 0. The topological polar surface area (TPSA) is 6.48 Å². The van der Waals surface area contributed by atoms with Crippen molar-refractivity contribution in [3.05, 3.63) is 144 Å². The van der Waals surface area contributed by atoms with E-state index in [9.17, 15) is 0 Å². The summed E-state index contributed by atoms with van der Waals surface area (Å²) in [7, 11) is 0. The van der Waals surface area contributed by atoms with Crippen molar-refractivity contribution in [1.29, 1.82) is 0 Å². The molecule has 0 unspecified atom stereocenters. The first-order valence-corrected chi connectivity index (χ1v) is 12.4. The number of anilines is 6. The standard InChI is InChI=1S/C34H32N2/c1-25-17-19-29(20-18-25)35(30-12-5-9-26(2)21-30)33-15-8-16-34(24-33)36(31-13-6-10-27(3)22-31)32-14-7-11-28(4)23-32/h5-24H,1-4H3. The van der Waals surface area contributed by atoms with Crippen molar-refractivity contribution in [3.8, 4) is 0 Å². The van der Waals surface area contributed by atoms with Crippen LogP contribution in [0.1, 0.15) is 22.3 Å². The van der Waals surface area contributed by atoms with E-state index in [1.165, 1.54) is 22.3 Å². The van der Waals surface area contributed by atoms with Crippen LogP contribution in [0.4, 0.5) is 34.1 Å². The van der Waals surface area contributed by atoms with E-state index >= 15 is 0 Å². The van der Waals surface area contributed by atoms with Crippen molar-refractivity contribution < 1.29 is 0 Å². The normalized spacial score (nSPS) is 10.8. The van der Waals surface area contributed by atoms with Crippen LogP contribution in [0.15, 0.2) is 121 Å². The number of aryl methyl sites for hydroxylation is 4. The van der Waals surface area contributed by atoms with Crippen LogP contribution in [0.25, 0.3) is 0 Å². The van der Waals surface area contributed by atoms with Crippen LogP contribution >= 0.6 is 0 Å². The van der Waals surface area contributed by atoms with Gasteiger partial charge in [0.25, 0.3) is 0 Å². The molecule has 5 aromatic carbocycles. The number of hydrogen-bond donors (Lipinski definition) is 0. The lowest BCUT2D eigenvalue weighted by Gasteiger charge is -2.30. The maximum absolute atomic E-state index is 2.34. The van der Waals surface area contributed by atoms with Gasteiger partial charge in [0.15, 0.2) is 0 Å². The average Bonchev–Trinajstić information content (AvgIpc) is 2.86. The van der Waals surface area contributed by atoms with Gasteiger partial charge in [-0.25, -0.2) is 0 Å². The van der Waals surface area contributed by atoms with E-state index in [4.69, 9.17) is 0 Å². The van der Waals surface area contributed by atoms with Gasteiger partial charge in [-0.05, 0) is 111 Å². The Morgan fingerprint density at radius 3 is 1.03 bits per heavy atom. The monoisotopic (exact) mass is 468 g/mol. The molecule has 2 heteroatoms. The van der Waals surface area contributed by atoms with Gasteiger partial charge < -0.3 is 9.80 Å². The van der Waals surface area contributed by atoms with Crippen LogP contribution < -0.4 is 9.80 Å². The van der Waals surface area contributed by atoms with E-state index in [2.05, 4.69) is 159 Å². The van der Waals surface area contributed by atoms with Crippen LogP contribution in [0.5, 0.6) is 0 Å². The zero-order valence-electron chi connectivity index (χ0n) is 21.4. The Bertz CT molecular complexity index is 1440. The third-order valence-corrected chi connectivity index (χ3v) is 6.42. The molecule has 0 amide bonds. The molecule has 0 aliphatic heterocycles. The predicted molar refractivity (Wildman–Crippen MR) is 155 cm³/mol. The van der Waals surface area contributed by atoms with Crippen molar-refractivity contribution in [1.82, 2.24) is 0 Å². The third-order valence-electron chi connectivity index (χ3n) is 6.42. The van der Waals surface area contributed by atoms with E-state index in [-0.39, 0.29) is 0 Å². The molecule has 5 rings (SSSR count). The predicted octanol–water partition coefficient (Wildman–Crippen LogP) is 9.86. The lowest BCUT2D eigenvalue weighted by molar-refractivity contribution is 1.23. The van der Waals surface area contributed by atoms with E-state index in [1.54, 1.807) is 0 Å². The molecule has 0 heterocycles. The minimum Gasteiger partial charge on any atom is -0.310 e. The van der Waals surface area contributed by atoms with E-state index < -0.39 is 0 Å². The number of nitrogens with zero attached hydrogens (tertiary/aromatic N) is 2. The molecule has 0 radical (unpaired) electrons. The smallest absolute Gasteiger partial charge is 0.0482 e. The molecular formula is C34H32N2. The minimum atomic E-state index is 1.12. The van der Waals surface area contributed by atoms with Crippen molar-refractivity contribution in [2.24, 2.45) is 0 Å². The highest BCUT2D eigenvalue weighted by Gasteiger charge is 2.17. The molecule has 2 nitrogen and oxygen atoms in total. The zero-order valence-corrected chi connectivity index (χ0v) is 21.4. The molecule has 0 saturated heterocycles. The van der Waals surface area contributed by atoms with Gasteiger partial charge in [0, 0.05) is 34.1 Å². The van der Waals surface area contributed by atoms with Crippen LogP contribution in [-0.2, 0) is 0 Å². The number of rotatable bonds is 6. The number of benzene rings is 5. The summed E-state index contributed by atoms with van der Waals surface area (Å²) in [6, 6.07) is 43.6. The molecule has 0 atom stereocenters. The van der Waals surface area contributed by atoms with Gasteiger partial charge in [-0.3, -0.25) is 0 Å². The highest BCUT2D eigenvalue weighted by Crippen LogP contribution is 2.40. The Morgan fingerprint density at radius 1 is 0.306 bits per heavy atom. The highest BCUT2D eigenvalue weighted by atomic mass is 15.2. The van der Waals surface area contributed by atoms with Crippen molar-refractivity contribution in [3.63, 3.8) is 0 Å². The molecular weight excluding hydrogens is 436 g/mol. The average molecular weight is 469 g/mol. The van der Waals surface area contributed by atoms with Crippen LogP contribution in [0, 0.1) is 27.7 Å². The Labute approximate surface area is 215 Å². The molecule has 0 aromatic heterocycles. The largest absolute Gasteiger partial charge is 0.310 e. The number of hydrogen-bond acceptors (Lipinski definition) is 2. The Kier molecular flexibility index (Phi) is 6.60. The lowest BCUT2D eigenvalue weighted by Crippen LogP contribution is -2.13. The van der Waals surface area contributed by atoms with Gasteiger partial charge >= 0.3 is 0 Å². The first kappa shape index (κ1) is 23.4. The Morgan fingerprint density at radius 2 is 0.639 bits per heavy atom. The summed E-state index contributed by atoms with van der Waals surface area (Å²) in [6.07, 6.45) is 0. The third kappa shape index (κ3) is 5.04. The molecule has 0 aliphatic carbocycles. The van der Waals surface area contributed by atoms with Gasteiger partial charge in [0.05, 0.1) is 0 Å². The van der Waals surface area contributed by atoms with Crippen LogP contribution in [0.3, 0.4) is 0 Å². The molecule has 0 N–H and O–H groups in total. The fourth-order valence-electron chi connectivity index (χ4n) is 4.66. The van der Waals surface area contributed by atoms with E-state index in [0.29, 0.717) is 0 Å². The second kappa shape index (κ2) is 10.1. The molecule has 36 heavy (non-hydrogen) atoms. The van der Waals surface area contributed by atoms with Gasteiger partial charge in [-0.2, -0.15) is 0 Å². The summed E-state index contributed by atoms with van der Waals surface area (Å²) < 4.78 is 0. The summed E-state index contributed by atoms with van der Waals surface area (Å²) in [5, 5.41) is 0. The minimum absolute atomic E-state index is 1.12. The molecule has 0 fully saturated rings. The maximum Gasteiger partial charge on any atom is 0.0482 e. The molecule has 0 aliphatic rings. The van der Waals surface area contributed by atoms with Crippen LogP contribution in [0.2, 0.25) is 0 Å². The Hall–Kier alpha value is -4.30. The fourth-order valence-corrected chi connectivity index (χ4v) is 4.66. The summed E-state index contributed by atoms with van der Waals surface area (Å²) in [5.74, 6) is 0. The van der Waals surface area contributed by atoms with Crippen LogP contribution in [-0.4, -0.2) is 0 Å².